The van der Waals surface area contributed by atoms with Gasteiger partial charge in [0.05, 0.1) is 12.2 Å². The molecule has 0 radical (unpaired) electrons. The average molecular weight is 483 g/mol. The summed E-state index contributed by atoms with van der Waals surface area (Å²) in [7, 11) is 1.32. The average Bonchev–Trinajstić information content (AvgIpc) is 2.85. The molecule has 6 nitrogen and oxygen atoms in total. The molecule has 3 rings (SSSR count). The van der Waals surface area contributed by atoms with Crippen molar-refractivity contribution in [2.24, 2.45) is 11.1 Å². The molecule has 0 aliphatic carbocycles. The number of hydrogen-bond donors (Lipinski definition) is 1. The molecular weight excluding hydrogens is 461 g/mol. The van der Waals surface area contributed by atoms with Gasteiger partial charge in [-0.2, -0.15) is 22.0 Å². The van der Waals surface area contributed by atoms with E-state index in [1.165, 1.54) is 19.2 Å². The van der Waals surface area contributed by atoms with Crippen molar-refractivity contribution in [1.82, 2.24) is 4.90 Å². The van der Waals surface area contributed by atoms with Crippen LogP contribution in [0.2, 0.25) is 0 Å². The lowest BCUT2D eigenvalue weighted by molar-refractivity contribution is -0.286. The third kappa shape index (κ3) is 4.10. The maximum Gasteiger partial charge on any atom is 0.455 e. The number of rotatable bonds is 5. The molecule has 0 bridgehead atoms. The highest BCUT2D eigenvalue weighted by Crippen LogP contribution is 2.44. The summed E-state index contributed by atoms with van der Waals surface area (Å²) in [5, 5.41) is 0. The fourth-order valence-electron chi connectivity index (χ4n) is 3.76. The number of hydrogen-bond acceptors (Lipinski definition) is 3. The fraction of sp³-hybridized carbons (Fsp3) is 0.348. The van der Waals surface area contributed by atoms with Crippen molar-refractivity contribution in [1.29, 1.82) is 0 Å². The number of benzene rings is 2. The van der Waals surface area contributed by atoms with E-state index in [0.717, 1.165) is 18.7 Å². The zero-order valence-corrected chi connectivity index (χ0v) is 18.5. The van der Waals surface area contributed by atoms with Gasteiger partial charge in [0, 0.05) is 12.6 Å². The first kappa shape index (κ1) is 25.1. The minimum atomic E-state index is -6.01. The van der Waals surface area contributed by atoms with Gasteiger partial charge in [0.2, 0.25) is 11.8 Å². The number of nitrogens with two attached hydrogens (primary N) is 1. The van der Waals surface area contributed by atoms with Gasteiger partial charge in [0.15, 0.2) is 0 Å². The summed E-state index contributed by atoms with van der Waals surface area (Å²) in [6, 6.07) is 10.7. The Balaban J connectivity index is 2.29. The molecule has 0 unspecified atom stereocenters. The van der Waals surface area contributed by atoms with Crippen molar-refractivity contribution in [3.63, 3.8) is 0 Å². The molecule has 182 valence electrons. The van der Waals surface area contributed by atoms with Gasteiger partial charge in [-0.05, 0) is 31.0 Å². The van der Waals surface area contributed by atoms with Gasteiger partial charge in [0.25, 0.3) is 5.91 Å². The van der Waals surface area contributed by atoms with Crippen molar-refractivity contribution in [3.05, 3.63) is 54.1 Å². The number of carbonyl (C=O) groups excluding carboxylic acids is 3. The van der Waals surface area contributed by atoms with Crippen molar-refractivity contribution in [2.45, 2.75) is 32.0 Å². The van der Waals surface area contributed by atoms with E-state index in [1.54, 1.807) is 36.4 Å². The molecule has 0 spiro atoms. The normalized spacial score (nSPS) is 16.4. The van der Waals surface area contributed by atoms with E-state index in [-0.39, 0.29) is 10.5 Å². The topological polar surface area (TPSA) is 83.7 Å². The van der Waals surface area contributed by atoms with Gasteiger partial charge in [-0.1, -0.05) is 42.5 Å². The maximum absolute atomic E-state index is 14.3. The van der Waals surface area contributed by atoms with Crippen LogP contribution in [-0.2, 0) is 14.4 Å². The summed E-state index contributed by atoms with van der Waals surface area (Å²) in [5.41, 5.74) is 4.37. The Labute approximate surface area is 192 Å². The Morgan fingerprint density at radius 2 is 1.50 bits per heavy atom. The number of primary amides is 1. The number of nitrogens with zero attached hydrogens (tertiary/aromatic N) is 2. The van der Waals surface area contributed by atoms with Gasteiger partial charge < -0.3 is 15.5 Å². The predicted molar refractivity (Wildman–Crippen MR) is 114 cm³/mol. The highest BCUT2D eigenvalue weighted by Gasteiger charge is 2.60. The van der Waals surface area contributed by atoms with Gasteiger partial charge in [-0.25, -0.2) is 0 Å². The van der Waals surface area contributed by atoms with E-state index in [0.29, 0.717) is 16.8 Å². The first-order chi connectivity index (χ1) is 15.6. The third-order valence-corrected chi connectivity index (χ3v) is 5.88. The summed E-state index contributed by atoms with van der Waals surface area (Å²) >= 11 is 0. The molecule has 1 atom stereocenters. The zero-order chi connectivity index (χ0) is 25.6. The molecule has 34 heavy (non-hydrogen) atoms. The Bertz CT molecular complexity index is 1150. The van der Waals surface area contributed by atoms with E-state index in [2.05, 4.69) is 0 Å². The molecule has 0 saturated carbocycles. The van der Waals surface area contributed by atoms with Crippen LogP contribution in [0, 0.1) is 5.41 Å². The molecule has 1 aliphatic heterocycles. The van der Waals surface area contributed by atoms with E-state index in [9.17, 15) is 36.3 Å². The van der Waals surface area contributed by atoms with Gasteiger partial charge >= 0.3 is 12.1 Å². The Hall–Kier alpha value is -3.50. The Kier molecular flexibility index (Phi) is 6.19. The predicted octanol–water partition coefficient (Wildman–Crippen LogP) is 3.91. The summed E-state index contributed by atoms with van der Waals surface area (Å²) in [4.78, 5) is 40.0. The van der Waals surface area contributed by atoms with Crippen LogP contribution >= 0.6 is 0 Å². The maximum atomic E-state index is 14.3. The number of amides is 3. The first-order valence-corrected chi connectivity index (χ1v) is 10.1. The van der Waals surface area contributed by atoms with Crippen molar-refractivity contribution >= 4 is 23.4 Å². The van der Waals surface area contributed by atoms with Crippen LogP contribution in [0.1, 0.15) is 25.5 Å². The first-order valence-electron chi connectivity index (χ1n) is 10.1. The van der Waals surface area contributed by atoms with E-state index in [1.807, 2.05) is 0 Å². The smallest absolute Gasteiger partial charge is 0.369 e. The van der Waals surface area contributed by atoms with Gasteiger partial charge in [-0.3, -0.25) is 14.4 Å². The molecule has 0 fully saturated rings. The molecule has 2 N–H and O–H groups in total. The largest absolute Gasteiger partial charge is 0.455 e. The number of halogens is 5. The van der Waals surface area contributed by atoms with Crippen LogP contribution in [0.15, 0.2) is 48.5 Å². The summed E-state index contributed by atoms with van der Waals surface area (Å²) in [6.45, 7) is -0.176. The Morgan fingerprint density at radius 1 is 0.971 bits per heavy atom. The lowest BCUT2D eigenvalue weighted by Gasteiger charge is -2.38. The zero-order valence-electron chi connectivity index (χ0n) is 18.5. The van der Waals surface area contributed by atoms with Crippen LogP contribution in [0.3, 0.4) is 0 Å². The summed E-state index contributed by atoms with van der Waals surface area (Å²) < 4.78 is 68.1. The standard InChI is InChI=1S/C23H22F5N3O3/c1-21(2,19(29)33)20(34)31(12-22(24,25)23(26,27)28)17-15-10-5-4-8-13(15)14-9-6-7-11-16(14)30(3)18(17)32/h4-11,17H,12H2,1-3H3,(H2,29,33)/t17-/m0/s1. The highest BCUT2D eigenvalue weighted by atomic mass is 19.4. The minimum absolute atomic E-state index is 0.0379. The molecule has 0 aromatic heterocycles. The van der Waals surface area contributed by atoms with Crippen LogP contribution in [0.4, 0.5) is 27.6 Å². The number of fused-ring (bicyclic) bond motifs is 3. The van der Waals surface area contributed by atoms with Crippen LogP contribution < -0.4 is 10.6 Å². The molecule has 0 saturated heterocycles. The van der Waals surface area contributed by atoms with Crippen LogP contribution in [0.5, 0.6) is 0 Å². The van der Waals surface area contributed by atoms with Crippen LogP contribution in [-0.4, -0.2) is 48.3 Å². The second-order valence-corrected chi connectivity index (χ2v) is 8.53. The molecular formula is C23H22F5N3O3. The van der Waals surface area contributed by atoms with E-state index >= 15 is 0 Å². The van der Waals surface area contributed by atoms with Gasteiger partial charge in [-0.15, -0.1) is 0 Å². The molecule has 1 heterocycles. The number of anilines is 1. The second-order valence-electron chi connectivity index (χ2n) is 8.53. The van der Waals surface area contributed by atoms with Gasteiger partial charge in [0.1, 0.15) is 11.5 Å². The number of likely N-dealkylation sites (N-methyl/N-ethyl adjacent to an activating group) is 1. The SMILES string of the molecule is CN1C(=O)[C@@H](N(CC(F)(F)C(F)(F)F)C(=O)C(C)(C)C(N)=O)c2ccccc2-c2ccccc21. The quantitative estimate of drug-likeness (QED) is 0.517. The molecule has 2 aromatic rings. The highest BCUT2D eigenvalue weighted by molar-refractivity contribution is 6.09. The van der Waals surface area contributed by atoms with Crippen molar-refractivity contribution < 1.29 is 36.3 Å². The third-order valence-electron chi connectivity index (χ3n) is 5.88. The molecule has 1 aliphatic rings. The fourth-order valence-corrected chi connectivity index (χ4v) is 3.76. The monoisotopic (exact) mass is 483 g/mol. The lowest BCUT2D eigenvalue weighted by Crippen LogP contribution is -2.57. The molecule has 2 aromatic carbocycles. The summed E-state index contributed by atoms with van der Waals surface area (Å²) in [6.07, 6.45) is -6.01. The molecule has 3 amide bonds. The number of carbonyl (C=O) groups is 3. The van der Waals surface area contributed by atoms with Crippen LogP contribution in [0.25, 0.3) is 11.1 Å². The molecule has 11 heteroatoms. The lowest BCUT2D eigenvalue weighted by atomic mass is 9.88. The van der Waals surface area contributed by atoms with Crippen molar-refractivity contribution in [3.8, 4) is 11.1 Å². The number of para-hydroxylation sites is 1. The minimum Gasteiger partial charge on any atom is -0.369 e. The van der Waals surface area contributed by atoms with Crippen molar-refractivity contribution in [2.75, 3.05) is 18.5 Å². The summed E-state index contributed by atoms with van der Waals surface area (Å²) in [5.74, 6) is -8.98. The Morgan fingerprint density at radius 3 is 2.06 bits per heavy atom. The number of alkyl halides is 5. The van der Waals surface area contributed by atoms with E-state index < -0.39 is 47.8 Å². The second kappa shape index (κ2) is 8.37. The van der Waals surface area contributed by atoms with E-state index in [4.69, 9.17) is 5.73 Å².